The molecule has 3 unspecified atom stereocenters. The number of carbonyl (C=O) groups excluding carboxylic acids is 5. The van der Waals surface area contributed by atoms with Crippen molar-refractivity contribution in [2.24, 2.45) is 5.41 Å². The Balaban J connectivity index is 1.19. The summed E-state index contributed by atoms with van der Waals surface area (Å²) in [6, 6.07) is 0.0593. The van der Waals surface area contributed by atoms with E-state index in [2.05, 4.69) is 45.1 Å². The molecule has 0 radical (unpaired) electrons. The van der Waals surface area contributed by atoms with E-state index >= 15 is 0 Å². The van der Waals surface area contributed by atoms with Crippen LogP contribution in [0, 0.1) is 5.41 Å². The minimum atomic E-state index is -1.47. The number of imide groups is 1. The van der Waals surface area contributed by atoms with Crippen molar-refractivity contribution < 1.29 is 33.8 Å². The summed E-state index contributed by atoms with van der Waals surface area (Å²) in [7, 11) is 0. The second kappa shape index (κ2) is 21.6. The second-order valence-electron chi connectivity index (χ2n) is 14.4. The first kappa shape index (κ1) is 43.4. The van der Waals surface area contributed by atoms with E-state index in [1.807, 2.05) is 0 Å². The number of carbonyl (C=O) groups is 5. The van der Waals surface area contributed by atoms with Crippen LogP contribution in [0.4, 0.5) is 9.93 Å². The lowest BCUT2D eigenvalue weighted by atomic mass is 9.92. The van der Waals surface area contributed by atoms with Crippen LogP contribution in [-0.4, -0.2) is 107 Å². The van der Waals surface area contributed by atoms with Crippen LogP contribution >= 0.6 is 23.1 Å². The molecule has 1 aromatic rings. The molecule has 16 heteroatoms. The Morgan fingerprint density at radius 2 is 1.88 bits per heavy atom. The van der Waals surface area contributed by atoms with Gasteiger partial charge in [0.15, 0.2) is 10.9 Å². The lowest BCUT2D eigenvalue weighted by molar-refractivity contribution is -0.188. The third-order valence-corrected chi connectivity index (χ3v) is 11.3. The van der Waals surface area contributed by atoms with Gasteiger partial charge in [-0.05, 0) is 64.2 Å². The maximum Gasteiger partial charge on any atom is 0.315 e. The van der Waals surface area contributed by atoms with E-state index in [1.165, 1.54) is 39.8 Å². The molecule has 0 bridgehead atoms. The number of unbranched alkanes of at least 4 members (excludes halogenated alkanes) is 3. The minimum Gasteiger partial charge on any atom is -0.383 e. The quantitative estimate of drug-likeness (QED) is 0.0370. The molecular weight excluding hydrogens is 707 g/mol. The Labute approximate surface area is 316 Å². The molecule has 2 heterocycles. The van der Waals surface area contributed by atoms with Crippen molar-refractivity contribution in [2.75, 3.05) is 50.4 Å². The summed E-state index contributed by atoms with van der Waals surface area (Å²) in [5, 5.41) is 25.4. The van der Waals surface area contributed by atoms with Crippen molar-refractivity contribution in [3.05, 3.63) is 22.8 Å². The van der Waals surface area contributed by atoms with Crippen LogP contribution in [0.25, 0.3) is 0 Å². The highest BCUT2D eigenvalue weighted by atomic mass is 32.2. The molecule has 14 nitrogen and oxygen atoms in total. The number of thiazole rings is 1. The molecule has 0 aromatic carbocycles. The first-order valence-corrected chi connectivity index (χ1v) is 20.3. The van der Waals surface area contributed by atoms with Gasteiger partial charge in [0.05, 0.1) is 30.6 Å². The fourth-order valence-electron chi connectivity index (χ4n) is 5.63. The zero-order valence-electron chi connectivity index (χ0n) is 31.3. The number of anilines is 1. The lowest BCUT2D eigenvalue weighted by Crippen LogP contribution is -2.41. The minimum absolute atomic E-state index is 0.0730. The average Bonchev–Trinajstić information content (AvgIpc) is 3.62. The highest BCUT2D eigenvalue weighted by Crippen LogP contribution is 2.30. The Kier molecular flexibility index (Phi) is 18.0. The van der Waals surface area contributed by atoms with E-state index in [-0.39, 0.29) is 55.6 Å². The number of hydrogen-bond acceptors (Lipinski definition) is 12. The number of likely N-dealkylation sites (tertiary alicyclic amines) is 1. The number of nitrogens with one attached hydrogen (secondary N) is 5. The maximum atomic E-state index is 12.9. The van der Waals surface area contributed by atoms with E-state index in [9.17, 15) is 29.1 Å². The molecule has 0 saturated carbocycles. The third-order valence-electron chi connectivity index (χ3n) is 8.94. The van der Waals surface area contributed by atoms with Gasteiger partial charge in [-0.15, -0.1) is 23.1 Å². The van der Waals surface area contributed by atoms with Gasteiger partial charge in [0.2, 0.25) is 17.7 Å². The Hall–Kier alpha value is -3.05. The number of nitrogens with zero attached hydrogens (tertiary/aromatic N) is 2. The molecule has 5 amide bonds. The van der Waals surface area contributed by atoms with Gasteiger partial charge in [-0.3, -0.25) is 19.3 Å². The topological polar surface area (TPSA) is 191 Å². The van der Waals surface area contributed by atoms with Crippen molar-refractivity contribution in [3.8, 4) is 0 Å². The smallest absolute Gasteiger partial charge is 0.315 e. The number of rotatable bonds is 25. The highest BCUT2D eigenvalue weighted by molar-refractivity contribution is 8.00. The summed E-state index contributed by atoms with van der Waals surface area (Å²) >= 11 is 3.01. The third kappa shape index (κ3) is 15.5. The Morgan fingerprint density at radius 1 is 1.12 bits per heavy atom. The SMILES string of the molecule is C=C(CCN1C(=O)CC(SCCCCCCNC(=O)NCC(=O)Nc2nc3c(s2)CC(NCCC)CC3)C1=O)NCC(C)(O)OCCC(C)(C)C=O. The Bertz CT molecular complexity index is 1370. The number of urea groups is 1. The maximum absolute atomic E-state index is 12.9. The van der Waals surface area contributed by atoms with Gasteiger partial charge in [0.25, 0.3) is 0 Å². The lowest BCUT2D eigenvalue weighted by Gasteiger charge is -2.27. The molecule has 1 aromatic heterocycles. The number of thioether (sulfide) groups is 1. The molecule has 3 atom stereocenters. The normalized spacial score (nSPS) is 18.4. The van der Waals surface area contributed by atoms with Crippen LogP contribution in [0.1, 0.15) is 96.1 Å². The van der Waals surface area contributed by atoms with Crippen LogP contribution in [0.15, 0.2) is 12.3 Å². The predicted octanol–water partition coefficient (Wildman–Crippen LogP) is 3.49. The zero-order valence-corrected chi connectivity index (χ0v) is 32.9. The van der Waals surface area contributed by atoms with Crippen molar-refractivity contribution in [2.45, 2.75) is 115 Å². The fourth-order valence-corrected chi connectivity index (χ4v) is 7.92. The van der Waals surface area contributed by atoms with E-state index in [4.69, 9.17) is 4.74 Å². The standard InChI is InChI=1S/C36H59N7O7S2/c1-6-15-37-26-11-12-27-28(20-26)52-34(41-27)42-30(45)22-39-33(48)38-16-9-7-8-10-19-51-29-21-31(46)43(32(29)47)17-13-25(2)40-23-36(5,49)50-18-14-35(3,4)24-44/h24,26,29,37,40,49H,2,6-23H2,1,3-5H3,(H2,38,39,48)(H,41,42,45). The summed E-state index contributed by atoms with van der Waals surface area (Å²) in [4.78, 5) is 68.1. The molecule has 52 heavy (non-hydrogen) atoms. The summed E-state index contributed by atoms with van der Waals surface area (Å²) in [6.07, 6.45) is 9.35. The molecule has 1 saturated heterocycles. The van der Waals surface area contributed by atoms with Crippen LogP contribution in [0.5, 0.6) is 0 Å². The number of aryl methyl sites for hydroxylation is 1. The molecule has 292 valence electrons. The number of ether oxygens (including phenoxy) is 1. The molecule has 1 fully saturated rings. The number of aliphatic hydroxyl groups is 1. The first-order valence-electron chi connectivity index (χ1n) is 18.5. The number of amides is 5. The van der Waals surface area contributed by atoms with Gasteiger partial charge in [-0.1, -0.05) is 40.2 Å². The highest BCUT2D eigenvalue weighted by Gasteiger charge is 2.38. The number of aromatic nitrogens is 1. The Morgan fingerprint density at radius 3 is 2.63 bits per heavy atom. The molecule has 3 rings (SSSR count). The van der Waals surface area contributed by atoms with Gasteiger partial charge >= 0.3 is 6.03 Å². The second-order valence-corrected chi connectivity index (χ2v) is 16.8. The van der Waals surface area contributed by atoms with Gasteiger partial charge < -0.3 is 41.2 Å². The monoisotopic (exact) mass is 765 g/mol. The largest absolute Gasteiger partial charge is 0.383 e. The van der Waals surface area contributed by atoms with Gasteiger partial charge in [-0.2, -0.15) is 0 Å². The van der Waals surface area contributed by atoms with Crippen LogP contribution in [0.2, 0.25) is 0 Å². The van der Waals surface area contributed by atoms with E-state index < -0.39 is 17.2 Å². The van der Waals surface area contributed by atoms with Crippen LogP contribution in [-0.2, 0) is 36.8 Å². The molecule has 0 spiro atoms. The van der Waals surface area contributed by atoms with Crippen LogP contribution < -0.4 is 26.6 Å². The van der Waals surface area contributed by atoms with E-state index in [0.29, 0.717) is 36.3 Å². The number of fused-ring (bicyclic) bond motifs is 1. The van der Waals surface area contributed by atoms with Gasteiger partial charge in [0.1, 0.15) is 6.29 Å². The molecule has 2 aliphatic rings. The molecule has 1 aliphatic carbocycles. The van der Waals surface area contributed by atoms with Crippen LogP contribution in [0.3, 0.4) is 0 Å². The van der Waals surface area contributed by atoms with Gasteiger partial charge in [0, 0.05) is 48.0 Å². The predicted molar refractivity (Wildman–Crippen MR) is 205 cm³/mol. The average molecular weight is 766 g/mol. The van der Waals surface area contributed by atoms with Gasteiger partial charge in [-0.25, -0.2) is 9.78 Å². The summed E-state index contributed by atoms with van der Waals surface area (Å²) in [6.45, 7) is 13.1. The number of aldehydes is 1. The molecule has 1 aliphatic heterocycles. The zero-order chi connectivity index (χ0) is 38.1. The van der Waals surface area contributed by atoms with E-state index in [1.54, 1.807) is 13.8 Å². The van der Waals surface area contributed by atoms with Crippen molar-refractivity contribution in [1.82, 2.24) is 31.2 Å². The van der Waals surface area contributed by atoms with Crippen molar-refractivity contribution in [3.63, 3.8) is 0 Å². The van der Waals surface area contributed by atoms with Crippen molar-refractivity contribution >= 4 is 58.3 Å². The number of hydrogen-bond donors (Lipinski definition) is 6. The molecular formula is C36H59N7O7S2. The summed E-state index contributed by atoms with van der Waals surface area (Å²) in [5.41, 5.74) is 1.10. The fraction of sp³-hybridized carbons (Fsp3) is 0.722. The first-order chi connectivity index (χ1) is 24.7. The molecule has 6 N–H and O–H groups in total. The summed E-state index contributed by atoms with van der Waals surface area (Å²) < 4.78 is 5.51. The van der Waals surface area contributed by atoms with E-state index in [0.717, 1.165) is 75.6 Å². The van der Waals surface area contributed by atoms with Crippen molar-refractivity contribution in [1.29, 1.82) is 0 Å². The summed E-state index contributed by atoms with van der Waals surface area (Å²) in [5.74, 6) is -1.40.